The molecule has 2 aromatic rings. The predicted octanol–water partition coefficient (Wildman–Crippen LogP) is 1.98. The van der Waals surface area contributed by atoms with Gasteiger partial charge in [-0.1, -0.05) is 25.1 Å². The van der Waals surface area contributed by atoms with E-state index in [1.165, 1.54) is 5.56 Å². The van der Waals surface area contributed by atoms with Crippen molar-refractivity contribution >= 4 is 23.4 Å². The molecule has 3 rings (SSSR count). The number of aliphatic imine (C=N–C) groups is 1. The molecule has 1 aromatic carbocycles. The molecule has 0 unspecified atom stereocenters. The van der Waals surface area contributed by atoms with E-state index in [1.54, 1.807) is 7.05 Å². The fourth-order valence-electron chi connectivity index (χ4n) is 3.25. The van der Waals surface area contributed by atoms with Crippen LogP contribution in [0.15, 0.2) is 53.7 Å². The zero-order valence-electron chi connectivity index (χ0n) is 16.6. The molecule has 1 aliphatic heterocycles. The van der Waals surface area contributed by atoms with Crippen LogP contribution < -0.4 is 15.5 Å². The number of guanidine groups is 1. The maximum Gasteiger partial charge on any atom is 0.243 e. The maximum atomic E-state index is 12.3. The number of aromatic nitrogens is 1. The Labute approximate surface area is 166 Å². The van der Waals surface area contributed by atoms with Gasteiger partial charge in [-0.25, -0.2) is 4.98 Å². The molecule has 0 spiro atoms. The third-order valence-corrected chi connectivity index (χ3v) is 4.79. The number of carbonyl (C=O) groups excluding carboxylic acids is 1. The number of nitrogens with zero attached hydrogens (tertiary/aromatic N) is 4. The number of pyridine rings is 1. The Morgan fingerprint density at radius 1 is 1.14 bits per heavy atom. The van der Waals surface area contributed by atoms with Crippen LogP contribution in [0.2, 0.25) is 0 Å². The van der Waals surface area contributed by atoms with Gasteiger partial charge in [0.1, 0.15) is 5.82 Å². The van der Waals surface area contributed by atoms with Crippen LogP contribution in [0.25, 0.3) is 0 Å². The highest BCUT2D eigenvalue weighted by atomic mass is 16.1. The van der Waals surface area contributed by atoms with Gasteiger partial charge in [-0.05, 0) is 36.2 Å². The van der Waals surface area contributed by atoms with E-state index >= 15 is 0 Å². The summed E-state index contributed by atoms with van der Waals surface area (Å²) in [7, 11) is 1.75. The van der Waals surface area contributed by atoms with Crippen molar-refractivity contribution in [3.63, 3.8) is 0 Å². The number of anilines is 2. The van der Waals surface area contributed by atoms with Crippen LogP contribution in [0.3, 0.4) is 0 Å². The number of hydrogen-bond donors (Lipinski definition) is 2. The molecule has 2 heterocycles. The molecule has 0 bridgehead atoms. The molecule has 1 saturated heterocycles. The molecular weight excluding hydrogens is 352 g/mol. The topological polar surface area (TPSA) is 72.9 Å². The largest absolute Gasteiger partial charge is 0.353 e. The molecule has 2 N–H and O–H groups in total. The van der Waals surface area contributed by atoms with Crippen molar-refractivity contribution < 1.29 is 4.79 Å². The van der Waals surface area contributed by atoms with E-state index in [0.29, 0.717) is 0 Å². The molecule has 1 amide bonds. The average Bonchev–Trinajstić information content (AvgIpc) is 2.75. The third kappa shape index (κ3) is 5.22. The summed E-state index contributed by atoms with van der Waals surface area (Å²) in [5.41, 5.74) is 2.03. The van der Waals surface area contributed by atoms with Crippen LogP contribution in [-0.4, -0.2) is 61.5 Å². The second kappa shape index (κ2) is 9.73. The number of nitrogens with one attached hydrogen (secondary N) is 2. The van der Waals surface area contributed by atoms with Crippen molar-refractivity contribution in [1.82, 2.24) is 15.2 Å². The maximum absolute atomic E-state index is 12.3. The standard InChI is InChI=1S/C21H28N6O/c1-3-17-7-6-8-18(15-17)25-20(28)16-24-21(22-2)27-13-11-26(12-14-27)19-9-4-5-10-23-19/h4-10,15H,3,11-14,16H2,1-2H3,(H,22,24)(H,25,28). The first-order valence-electron chi connectivity index (χ1n) is 9.70. The van der Waals surface area contributed by atoms with Crippen molar-refractivity contribution in [2.45, 2.75) is 13.3 Å². The van der Waals surface area contributed by atoms with Gasteiger partial charge in [0.25, 0.3) is 0 Å². The Morgan fingerprint density at radius 3 is 2.64 bits per heavy atom. The number of aryl methyl sites for hydroxylation is 1. The lowest BCUT2D eigenvalue weighted by Crippen LogP contribution is -2.53. The van der Waals surface area contributed by atoms with Gasteiger partial charge in [-0.3, -0.25) is 9.79 Å². The van der Waals surface area contributed by atoms with Crippen molar-refractivity contribution in [2.24, 2.45) is 4.99 Å². The van der Waals surface area contributed by atoms with Crippen LogP contribution >= 0.6 is 0 Å². The molecule has 1 aromatic heterocycles. The lowest BCUT2D eigenvalue weighted by molar-refractivity contribution is -0.115. The average molecular weight is 380 g/mol. The van der Waals surface area contributed by atoms with Gasteiger partial charge in [0, 0.05) is 45.1 Å². The molecule has 7 heteroatoms. The molecular formula is C21H28N6O. The summed E-state index contributed by atoms with van der Waals surface area (Å²) in [6, 6.07) is 13.9. The molecule has 1 fully saturated rings. The molecule has 0 aliphatic carbocycles. The highest BCUT2D eigenvalue weighted by molar-refractivity contribution is 5.95. The van der Waals surface area contributed by atoms with E-state index in [1.807, 2.05) is 42.6 Å². The lowest BCUT2D eigenvalue weighted by Gasteiger charge is -2.37. The van der Waals surface area contributed by atoms with Crippen LogP contribution in [0.4, 0.5) is 11.5 Å². The van der Waals surface area contributed by atoms with Gasteiger partial charge in [0.2, 0.25) is 5.91 Å². The second-order valence-electron chi connectivity index (χ2n) is 6.66. The number of benzene rings is 1. The zero-order valence-corrected chi connectivity index (χ0v) is 16.6. The quantitative estimate of drug-likeness (QED) is 0.613. The fourth-order valence-corrected chi connectivity index (χ4v) is 3.25. The van der Waals surface area contributed by atoms with Crippen molar-refractivity contribution in [3.8, 4) is 0 Å². The number of rotatable bonds is 5. The van der Waals surface area contributed by atoms with E-state index in [9.17, 15) is 4.79 Å². The van der Waals surface area contributed by atoms with Crippen LogP contribution in [0.1, 0.15) is 12.5 Å². The van der Waals surface area contributed by atoms with Crippen molar-refractivity contribution in [2.75, 3.05) is 50.0 Å². The van der Waals surface area contributed by atoms with Gasteiger partial charge in [0.15, 0.2) is 5.96 Å². The summed E-state index contributed by atoms with van der Waals surface area (Å²) < 4.78 is 0. The minimum Gasteiger partial charge on any atom is -0.353 e. The molecule has 1 aliphatic rings. The first-order chi connectivity index (χ1) is 13.7. The SMILES string of the molecule is CCc1cccc(NC(=O)CNC(=NC)N2CCN(c3ccccn3)CC2)c1. The summed E-state index contributed by atoms with van der Waals surface area (Å²) in [6.07, 6.45) is 2.76. The van der Waals surface area contributed by atoms with Crippen molar-refractivity contribution in [1.29, 1.82) is 0 Å². The Bertz CT molecular complexity index is 800. The second-order valence-corrected chi connectivity index (χ2v) is 6.66. The van der Waals surface area contributed by atoms with E-state index in [2.05, 4.69) is 43.4 Å². The Kier molecular flexibility index (Phi) is 6.84. The minimum atomic E-state index is -0.0819. The third-order valence-electron chi connectivity index (χ3n) is 4.79. The Balaban J connectivity index is 1.47. The zero-order chi connectivity index (χ0) is 19.8. The minimum absolute atomic E-state index is 0.0819. The molecule has 0 atom stereocenters. The number of piperazine rings is 1. The van der Waals surface area contributed by atoms with Crippen molar-refractivity contribution in [3.05, 3.63) is 54.2 Å². The van der Waals surface area contributed by atoms with Crippen LogP contribution in [-0.2, 0) is 11.2 Å². The van der Waals surface area contributed by atoms with Gasteiger partial charge >= 0.3 is 0 Å². The first kappa shape index (κ1) is 19.7. The van der Waals surface area contributed by atoms with E-state index in [-0.39, 0.29) is 12.5 Å². The Morgan fingerprint density at radius 2 is 1.96 bits per heavy atom. The molecule has 7 nitrogen and oxygen atoms in total. The molecule has 0 radical (unpaired) electrons. The van der Waals surface area contributed by atoms with E-state index < -0.39 is 0 Å². The summed E-state index contributed by atoms with van der Waals surface area (Å²) in [6.45, 7) is 5.68. The summed E-state index contributed by atoms with van der Waals surface area (Å²) in [5.74, 6) is 1.67. The summed E-state index contributed by atoms with van der Waals surface area (Å²) in [4.78, 5) is 25.5. The normalized spacial score (nSPS) is 14.7. The summed E-state index contributed by atoms with van der Waals surface area (Å²) in [5, 5.41) is 6.11. The van der Waals surface area contributed by atoms with Crippen LogP contribution in [0, 0.1) is 0 Å². The number of hydrogen-bond acceptors (Lipinski definition) is 4. The fraction of sp³-hybridized carbons (Fsp3) is 0.381. The summed E-state index contributed by atoms with van der Waals surface area (Å²) >= 11 is 0. The molecule has 28 heavy (non-hydrogen) atoms. The Hall–Kier alpha value is -3.09. The number of carbonyl (C=O) groups is 1. The van der Waals surface area contributed by atoms with E-state index in [0.717, 1.165) is 50.1 Å². The van der Waals surface area contributed by atoms with E-state index in [4.69, 9.17) is 0 Å². The highest BCUT2D eigenvalue weighted by Gasteiger charge is 2.20. The smallest absolute Gasteiger partial charge is 0.243 e. The molecule has 148 valence electrons. The number of amides is 1. The monoisotopic (exact) mass is 380 g/mol. The lowest BCUT2D eigenvalue weighted by atomic mass is 10.1. The highest BCUT2D eigenvalue weighted by Crippen LogP contribution is 2.13. The predicted molar refractivity (Wildman–Crippen MR) is 114 cm³/mol. The van der Waals surface area contributed by atoms with Gasteiger partial charge in [-0.15, -0.1) is 0 Å². The molecule has 0 saturated carbocycles. The van der Waals surface area contributed by atoms with Gasteiger partial charge in [-0.2, -0.15) is 0 Å². The van der Waals surface area contributed by atoms with Gasteiger partial charge in [0.05, 0.1) is 6.54 Å². The van der Waals surface area contributed by atoms with Crippen LogP contribution in [0.5, 0.6) is 0 Å². The van der Waals surface area contributed by atoms with Gasteiger partial charge < -0.3 is 20.4 Å². The first-order valence-corrected chi connectivity index (χ1v) is 9.70.